The van der Waals surface area contributed by atoms with Crippen molar-refractivity contribution >= 4 is 10.2 Å². The van der Waals surface area contributed by atoms with E-state index in [4.69, 9.17) is 9.47 Å². The Morgan fingerprint density at radius 1 is 0.882 bits per heavy atom. The summed E-state index contributed by atoms with van der Waals surface area (Å²) in [5.74, 6) is 1.66. The predicted octanol–water partition coefficient (Wildman–Crippen LogP) is 3.12. The second kappa shape index (κ2) is 6.23. The van der Waals surface area contributed by atoms with E-state index in [2.05, 4.69) is 10.2 Å². The van der Waals surface area contributed by atoms with Crippen LogP contribution in [0.5, 0.6) is 11.5 Å². The van der Waals surface area contributed by atoms with E-state index in [0.29, 0.717) is 12.8 Å². The standard InChI is InChI=1S/C14H13O2Si/c17-11-15-10-12-5-4-8-14(9-12)16-13-6-2-1-3-7-13/h1-9H,10-11H2. The first kappa shape index (κ1) is 11.9. The summed E-state index contributed by atoms with van der Waals surface area (Å²) in [4.78, 5) is 0. The molecule has 2 aromatic rings. The third kappa shape index (κ3) is 3.73. The van der Waals surface area contributed by atoms with Crippen molar-refractivity contribution < 1.29 is 9.47 Å². The number of benzene rings is 2. The van der Waals surface area contributed by atoms with Gasteiger partial charge in [0.2, 0.25) is 0 Å². The van der Waals surface area contributed by atoms with E-state index in [1.165, 1.54) is 0 Å². The highest BCUT2D eigenvalue weighted by atomic mass is 28.1. The average Bonchev–Trinajstić information content (AvgIpc) is 2.38. The molecule has 3 heteroatoms. The molecule has 0 spiro atoms. The summed E-state index contributed by atoms with van der Waals surface area (Å²) in [7, 11) is 3.27. The van der Waals surface area contributed by atoms with Gasteiger partial charge in [-0.3, -0.25) is 0 Å². The van der Waals surface area contributed by atoms with Crippen molar-refractivity contribution in [1.82, 2.24) is 0 Å². The quantitative estimate of drug-likeness (QED) is 0.749. The number of hydrogen-bond acceptors (Lipinski definition) is 2. The van der Waals surface area contributed by atoms with Gasteiger partial charge in [0.15, 0.2) is 0 Å². The summed E-state index contributed by atoms with van der Waals surface area (Å²) < 4.78 is 11.0. The van der Waals surface area contributed by atoms with Crippen molar-refractivity contribution in [2.75, 3.05) is 6.23 Å². The number of ether oxygens (including phenoxy) is 2. The van der Waals surface area contributed by atoms with Crippen LogP contribution < -0.4 is 4.74 Å². The fourth-order valence-electron chi connectivity index (χ4n) is 1.49. The van der Waals surface area contributed by atoms with Crippen molar-refractivity contribution in [2.24, 2.45) is 0 Å². The molecule has 2 nitrogen and oxygen atoms in total. The van der Waals surface area contributed by atoms with Crippen LogP contribution in [0.15, 0.2) is 54.6 Å². The van der Waals surface area contributed by atoms with Crippen LogP contribution >= 0.6 is 0 Å². The van der Waals surface area contributed by atoms with Gasteiger partial charge in [-0.25, -0.2) is 0 Å². The maximum atomic E-state index is 5.73. The van der Waals surface area contributed by atoms with Crippen LogP contribution in [-0.4, -0.2) is 16.5 Å². The van der Waals surface area contributed by atoms with E-state index < -0.39 is 0 Å². The zero-order valence-electron chi connectivity index (χ0n) is 9.43. The SMILES string of the molecule is [Si]COCc1cccc(Oc2ccccc2)c1. The molecule has 0 unspecified atom stereocenters. The van der Waals surface area contributed by atoms with Gasteiger partial charge in [0.05, 0.1) is 16.8 Å². The van der Waals surface area contributed by atoms with Crippen molar-refractivity contribution in [2.45, 2.75) is 6.61 Å². The summed E-state index contributed by atoms with van der Waals surface area (Å²) >= 11 is 0. The van der Waals surface area contributed by atoms with Crippen LogP contribution in [0, 0.1) is 0 Å². The average molecular weight is 241 g/mol. The molecule has 17 heavy (non-hydrogen) atoms. The minimum absolute atomic E-state index is 0.532. The number of rotatable bonds is 5. The predicted molar refractivity (Wildman–Crippen MR) is 68.4 cm³/mol. The van der Waals surface area contributed by atoms with Crippen molar-refractivity contribution in [1.29, 1.82) is 0 Å². The first-order valence-electron chi connectivity index (χ1n) is 5.42. The lowest BCUT2D eigenvalue weighted by Gasteiger charge is -2.07. The Morgan fingerprint density at radius 2 is 1.65 bits per heavy atom. The Morgan fingerprint density at radius 3 is 2.41 bits per heavy atom. The maximum absolute atomic E-state index is 5.73. The zero-order valence-corrected chi connectivity index (χ0v) is 10.4. The number of hydrogen-bond donors (Lipinski definition) is 0. The molecule has 0 saturated heterocycles. The van der Waals surface area contributed by atoms with E-state index in [9.17, 15) is 0 Å². The van der Waals surface area contributed by atoms with E-state index in [0.717, 1.165) is 17.1 Å². The molecular formula is C14H13O2Si. The molecule has 0 atom stereocenters. The number of para-hydroxylation sites is 1. The third-order valence-corrected chi connectivity index (χ3v) is 2.45. The Hall–Kier alpha value is -1.58. The summed E-state index contributed by atoms with van der Waals surface area (Å²) in [6.45, 7) is 0.579. The van der Waals surface area contributed by atoms with Gasteiger partial charge in [-0.05, 0) is 29.8 Å². The lowest BCUT2D eigenvalue weighted by molar-refractivity contribution is 0.165. The summed E-state index contributed by atoms with van der Waals surface area (Å²) in [6, 6.07) is 17.6. The van der Waals surface area contributed by atoms with Crippen LogP contribution in [0.4, 0.5) is 0 Å². The van der Waals surface area contributed by atoms with Gasteiger partial charge in [-0.1, -0.05) is 30.3 Å². The molecule has 0 saturated carbocycles. The monoisotopic (exact) mass is 241 g/mol. The van der Waals surface area contributed by atoms with Crippen molar-refractivity contribution in [3.8, 4) is 11.5 Å². The lowest BCUT2D eigenvalue weighted by atomic mass is 10.2. The minimum Gasteiger partial charge on any atom is -0.457 e. The van der Waals surface area contributed by atoms with Crippen LogP contribution in [-0.2, 0) is 11.3 Å². The molecule has 0 bridgehead atoms. The molecule has 0 aliphatic rings. The van der Waals surface area contributed by atoms with Gasteiger partial charge < -0.3 is 9.47 Å². The largest absolute Gasteiger partial charge is 0.457 e. The molecule has 0 N–H and O–H groups in total. The molecule has 0 aliphatic carbocycles. The lowest BCUT2D eigenvalue weighted by Crippen LogP contribution is -1.94. The molecule has 2 aromatic carbocycles. The van der Waals surface area contributed by atoms with Gasteiger partial charge in [0.1, 0.15) is 11.5 Å². The highest BCUT2D eigenvalue weighted by Gasteiger charge is 1.98. The zero-order chi connectivity index (χ0) is 11.9. The fraction of sp³-hybridized carbons (Fsp3) is 0.143. The van der Waals surface area contributed by atoms with E-state index in [1.807, 2.05) is 54.6 Å². The molecule has 2 rings (SSSR count). The molecule has 3 radical (unpaired) electrons. The van der Waals surface area contributed by atoms with Gasteiger partial charge in [-0.2, -0.15) is 0 Å². The Bertz CT molecular complexity index is 457. The minimum atomic E-state index is 0.532. The molecular weight excluding hydrogens is 228 g/mol. The Balaban J connectivity index is 2.06. The molecule has 0 fully saturated rings. The van der Waals surface area contributed by atoms with Crippen molar-refractivity contribution in [3.63, 3.8) is 0 Å². The normalized spacial score (nSPS) is 10.2. The Labute approximate surface area is 105 Å². The molecule has 0 heterocycles. The van der Waals surface area contributed by atoms with Crippen LogP contribution in [0.2, 0.25) is 0 Å². The van der Waals surface area contributed by atoms with E-state index >= 15 is 0 Å². The third-order valence-electron chi connectivity index (χ3n) is 2.25. The van der Waals surface area contributed by atoms with Crippen LogP contribution in [0.1, 0.15) is 5.56 Å². The van der Waals surface area contributed by atoms with Crippen LogP contribution in [0.3, 0.4) is 0 Å². The van der Waals surface area contributed by atoms with E-state index in [-0.39, 0.29) is 0 Å². The molecule has 0 amide bonds. The Kier molecular flexibility index (Phi) is 4.35. The summed E-state index contributed by atoms with van der Waals surface area (Å²) in [5.41, 5.74) is 1.09. The first-order chi connectivity index (χ1) is 8.38. The molecule has 0 aliphatic heterocycles. The second-order valence-electron chi connectivity index (χ2n) is 3.56. The van der Waals surface area contributed by atoms with Crippen LogP contribution in [0.25, 0.3) is 0 Å². The summed E-state index contributed by atoms with van der Waals surface area (Å²) in [5, 5.41) is 0. The molecule has 0 aromatic heterocycles. The maximum Gasteiger partial charge on any atom is 0.127 e. The smallest absolute Gasteiger partial charge is 0.127 e. The van der Waals surface area contributed by atoms with Crippen molar-refractivity contribution in [3.05, 3.63) is 60.2 Å². The fourth-order valence-corrected chi connectivity index (χ4v) is 1.59. The topological polar surface area (TPSA) is 18.5 Å². The van der Waals surface area contributed by atoms with Gasteiger partial charge in [0.25, 0.3) is 0 Å². The van der Waals surface area contributed by atoms with E-state index in [1.54, 1.807) is 0 Å². The summed E-state index contributed by atoms with van der Waals surface area (Å²) in [6.07, 6.45) is 0.532. The molecule has 85 valence electrons. The van der Waals surface area contributed by atoms with Gasteiger partial charge >= 0.3 is 0 Å². The second-order valence-corrected chi connectivity index (χ2v) is 3.84. The highest BCUT2D eigenvalue weighted by Crippen LogP contribution is 2.21. The van der Waals surface area contributed by atoms with Gasteiger partial charge in [0, 0.05) is 6.23 Å². The first-order valence-corrected chi connectivity index (χ1v) is 6.13. The van der Waals surface area contributed by atoms with Gasteiger partial charge in [-0.15, -0.1) is 0 Å². The highest BCUT2D eigenvalue weighted by molar-refractivity contribution is 6.08.